The van der Waals surface area contributed by atoms with Crippen molar-refractivity contribution >= 4 is 11.9 Å². The van der Waals surface area contributed by atoms with Crippen LogP contribution in [0, 0.1) is 5.92 Å². The average Bonchev–Trinajstić information content (AvgIpc) is 2.69. The van der Waals surface area contributed by atoms with Crippen molar-refractivity contribution in [3.63, 3.8) is 0 Å². The Kier molecular flexibility index (Phi) is 8.75. The van der Waals surface area contributed by atoms with E-state index < -0.39 is 12.8 Å². The molecular formula is C20H29F3N4O2. The molecule has 0 bridgehead atoms. The van der Waals surface area contributed by atoms with Gasteiger partial charge in [0.25, 0.3) is 0 Å². The molecule has 162 valence electrons. The van der Waals surface area contributed by atoms with E-state index in [-0.39, 0.29) is 12.5 Å². The van der Waals surface area contributed by atoms with E-state index in [0.29, 0.717) is 24.4 Å². The molecule has 0 unspecified atom stereocenters. The molecule has 0 saturated carbocycles. The number of guanidine groups is 1. The highest BCUT2D eigenvalue weighted by molar-refractivity contribution is 5.80. The molecule has 1 fully saturated rings. The molecule has 1 aromatic rings. The van der Waals surface area contributed by atoms with Crippen molar-refractivity contribution in [2.75, 3.05) is 33.8 Å². The van der Waals surface area contributed by atoms with Crippen LogP contribution in [0.5, 0.6) is 0 Å². The number of amides is 1. The van der Waals surface area contributed by atoms with E-state index in [4.69, 9.17) is 4.74 Å². The Labute approximate surface area is 169 Å². The summed E-state index contributed by atoms with van der Waals surface area (Å²) in [6.45, 7) is 0.830. The van der Waals surface area contributed by atoms with Gasteiger partial charge < -0.3 is 20.3 Å². The largest absolute Gasteiger partial charge is 0.411 e. The van der Waals surface area contributed by atoms with Crippen LogP contribution in [0.4, 0.5) is 13.2 Å². The number of carbonyl (C=O) groups is 1. The van der Waals surface area contributed by atoms with Gasteiger partial charge in [-0.3, -0.25) is 9.79 Å². The van der Waals surface area contributed by atoms with E-state index in [9.17, 15) is 18.0 Å². The van der Waals surface area contributed by atoms with Crippen LogP contribution in [0.1, 0.15) is 30.4 Å². The number of nitrogens with zero attached hydrogens (tertiary/aromatic N) is 2. The monoisotopic (exact) mass is 414 g/mol. The van der Waals surface area contributed by atoms with E-state index in [0.717, 1.165) is 37.5 Å². The Morgan fingerprint density at radius 2 is 1.97 bits per heavy atom. The third kappa shape index (κ3) is 8.31. The van der Waals surface area contributed by atoms with Crippen molar-refractivity contribution in [2.45, 2.75) is 38.6 Å². The molecule has 1 aliphatic rings. The van der Waals surface area contributed by atoms with Crippen LogP contribution in [0.15, 0.2) is 29.3 Å². The minimum atomic E-state index is -4.32. The van der Waals surface area contributed by atoms with Crippen molar-refractivity contribution in [2.24, 2.45) is 10.9 Å². The number of benzene rings is 1. The molecular weight excluding hydrogens is 385 g/mol. The average molecular weight is 414 g/mol. The zero-order valence-electron chi connectivity index (χ0n) is 16.9. The summed E-state index contributed by atoms with van der Waals surface area (Å²) in [5, 5.41) is 5.97. The Hall–Kier alpha value is -2.29. The zero-order chi connectivity index (χ0) is 21.3. The second-order valence-electron chi connectivity index (χ2n) is 7.14. The van der Waals surface area contributed by atoms with E-state index >= 15 is 0 Å². The predicted molar refractivity (Wildman–Crippen MR) is 105 cm³/mol. The first-order chi connectivity index (χ1) is 13.8. The molecule has 1 saturated heterocycles. The number of alkyl halides is 3. The fourth-order valence-electron chi connectivity index (χ4n) is 3.34. The van der Waals surface area contributed by atoms with Gasteiger partial charge in [0.2, 0.25) is 5.91 Å². The number of hydrogen-bond donors (Lipinski definition) is 2. The molecule has 1 aromatic carbocycles. The number of nitrogens with one attached hydrogen (secondary N) is 2. The molecule has 1 amide bonds. The van der Waals surface area contributed by atoms with Gasteiger partial charge in [-0.15, -0.1) is 0 Å². The molecule has 2 rings (SSSR count). The maximum absolute atomic E-state index is 12.2. The Morgan fingerprint density at radius 3 is 2.59 bits per heavy atom. The summed E-state index contributed by atoms with van der Waals surface area (Å²) in [4.78, 5) is 18.0. The lowest BCUT2D eigenvalue weighted by Crippen LogP contribution is -2.45. The number of aliphatic imine (C=N–C) groups is 1. The number of carbonyl (C=O) groups excluding carboxylic acids is 1. The van der Waals surface area contributed by atoms with Crippen molar-refractivity contribution in [3.05, 3.63) is 35.4 Å². The molecule has 0 spiro atoms. The molecule has 6 nitrogen and oxygen atoms in total. The highest BCUT2D eigenvalue weighted by Crippen LogP contribution is 2.20. The Morgan fingerprint density at radius 1 is 1.28 bits per heavy atom. The molecule has 1 aliphatic heterocycles. The van der Waals surface area contributed by atoms with Gasteiger partial charge in [0.05, 0.1) is 6.61 Å². The van der Waals surface area contributed by atoms with Crippen LogP contribution in [0.25, 0.3) is 0 Å². The fraction of sp³-hybridized carbons (Fsp3) is 0.600. The third-order valence-corrected chi connectivity index (χ3v) is 4.86. The smallest absolute Gasteiger partial charge is 0.367 e. The first-order valence-corrected chi connectivity index (χ1v) is 9.69. The van der Waals surface area contributed by atoms with Crippen LogP contribution in [0.3, 0.4) is 0 Å². The molecule has 0 aliphatic carbocycles. The van der Waals surface area contributed by atoms with E-state index in [1.807, 2.05) is 12.1 Å². The number of piperidine rings is 1. The van der Waals surface area contributed by atoms with Gasteiger partial charge in [0, 0.05) is 40.2 Å². The second-order valence-corrected chi connectivity index (χ2v) is 7.14. The number of halogens is 3. The maximum atomic E-state index is 12.2. The van der Waals surface area contributed by atoms with E-state index in [1.165, 1.54) is 0 Å². The van der Waals surface area contributed by atoms with Gasteiger partial charge in [0.1, 0.15) is 6.61 Å². The van der Waals surface area contributed by atoms with Gasteiger partial charge in [-0.05, 0) is 29.9 Å². The number of ether oxygens (including phenoxy) is 1. The van der Waals surface area contributed by atoms with Crippen LogP contribution in [-0.2, 0) is 22.7 Å². The lowest BCUT2D eigenvalue weighted by atomic mass is 9.93. The van der Waals surface area contributed by atoms with Gasteiger partial charge >= 0.3 is 6.18 Å². The first-order valence-electron chi connectivity index (χ1n) is 9.69. The molecule has 0 aromatic heterocycles. The highest BCUT2D eigenvalue weighted by atomic mass is 19.4. The summed E-state index contributed by atoms with van der Waals surface area (Å²) in [5.74, 6) is 1.24. The lowest BCUT2D eigenvalue weighted by Gasteiger charge is -2.34. The molecule has 1 heterocycles. The molecule has 0 radical (unpaired) electrons. The molecule has 29 heavy (non-hydrogen) atoms. The van der Waals surface area contributed by atoms with Crippen LogP contribution in [0.2, 0.25) is 0 Å². The normalized spacial score (nSPS) is 16.0. The lowest BCUT2D eigenvalue weighted by molar-refractivity contribution is -0.176. The Balaban J connectivity index is 1.81. The fourth-order valence-corrected chi connectivity index (χ4v) is 3.34. The minimum Gasteiger partial charge on any atom is -0.367 e. The van der Waals surface area contributed by atoms with Crippen molar-refractivity contribution in [1.29, 1.82) is 0 Å². The van der Waals surface area contributed by atoms with Crippen molar-refractivity contribution in [1.82, 2.24) is 15.5 Å². The maximum Gasteiger partial charge on any atom is 0.411 e. The number of likely N-dealkylation sites (tertiary alicyclic amines) is 1. The predicted octanol–water partition coefficient (Wildman–Crippen LogP) is 2.69. The summed E-state index contributed by atoms with van der Waals surface area (Å²) in [7, 11) is 3.38. The SMILES string of the molecule is CN=C(NCc1cccc(COCC(F)(F)F)c1)N1CCC(CC(=O)NC)CC1. The highest BCUT2D eigenvalue weighted by Gasteiger charge is 2.27. The summed E-state index contributed by atoms with van der Waals surface area (Å²) in [6.07, 6.45) is -1.90. The first kappa shape index (κ1) is 23.0. The Bertz CT molecular complexity index is 687. The molecule has 0 atom stereocenters. The standard InChI is InChI=1S/C20H29F3N4O2/c1-24-18(28)11-15-6-8-27(9-7-15)19(25-2)26-12-16-4-3-5-17(10-16)13-29-14-20(21,22)23/h3-5,10,15H,6-9,11-14H2,1-2H3,(H,24,28)(H,25,26). The minimum absolute atomic E-state index is 0.0741. The van der Waals surface area contributed by atoms with Crippen LogP contribution >= 0.6 is 0 Å². The van der Waals surface area contributed by atoms with Crippen LogP contribution < -0.4 is 10.6 Å². The molecule has 9 heteroatoms. The third-order valence-electron chi connectivity index (χ3n) is 4.86. The zero-order valence-corrected chi connectivity index (χ0v) is 16.9. The molecule has 2 N–H and O–H groups in total. The van der Waals surface area contributed by atoms with Gasteiger partial charge in [0.15, 0.2) is 5.96 Å². The van der Waals surface area contributed by atoms with Gasteiger partial charge in [-0.2, -0.15) is 13.2 Å². The topological polar surface area (TPSA) is 66.0 Å². The summed E-state index contributed by atoms with van der Waals surface area (Å²) >= 11 is 0. The summed E-state index contributed by atoms with van der Waals surface area (Å²) in [5.41, 5.74) is 1.63. The van der Waals surface area contributed by atoms with Gasteiger partial charge in [-0.1, -0.05) is 24.3 Å². The van der Waals surface area contributed by atoms with Crippen molar-refractivity contribution in [3.8, 4) is 0 Å². The summed E-state index contributed by atoms with van der Waals surface area (Å²) < 4.78 is 41.3. The van der Waals surface area contributed by atoms with Crippen LogP contribution in [-0.4, -0.2) is 56.7 Å². The van der Waals surface area contributed by atoms with Gasteiger partial charge in [-0.25, -0.2) is 0 Å². The quantitative estimate of drug-likeness (QED) is 0.532. The number of rotatable bonds is 7. The van der Waals surface area contributed by atoms with E-state index in [1.54, 1.807) is 26.2 Å². The summed E-state index contributed by atoms with van der Waals surface area (Å²) in [6, 6.07) is 7.28. The second kappa shape index (κ2) is 11.0. The van der Waals surface area contributed by atoms with E-state index in [2.05, 4.69) is 20.5 Å². The number of hydrogen-bond acceptors (Lipinski definition) is 3. The van der Waals surface area contributed by atoms with Crippen molar-refractivity contribution < 1.29 is 22.7 Å².